The second kappa shape index (κ2) is 9.04. The Bertz CT molecular complexity index is 785. The SMILES string of the molecule is C#CC#CC#CC(C#CC#CC#C)Cc1cc(C)sc1C. The summed E-state index contributed by atoms with van der Waals surface area (Å²) in [5, 5.41) is 0. The van der Waals surface area contributed by atoms with Crippen LogP contribution >= 0.6 is 11.3 Å². The lowest BCUT2D eigenvalue weighted by Gasteiger charge is -2.01. The van der Waals surface area contributed by atoms with E-state index in [1.165, 1.54) is 15.3 Å². The molecule has 0 bridgehead atoms. The van der Waals surface area contributed by atoms with Gasteiger partial charge in [0.2, 0.25) is 0 Å². The highest BCUT2D eigenvalue weighted by Crippen LogP contribution is 2.22. The predicted octanol–water partition coefficient (Wildman–Crippen LogP) is 2.80. The second-order valence-electron chi connectivity index (χ2n) is 4.02. The third kappa shape index (κ3) is 6.16. The van der Waals surface area contributed by atoms with Gasteiger partial charge in [0.25, 0.3) is 0 Å². The topological polar surface area (TPSA) is 0 Å². The fraction of sp³-hybridized carbons (Fsp3) is 0.200. The summed E-state index contributed by atoms with van der Waals surface area (Å²) in [6, 6.07) is 2.16. The number of hydrogen-bond donors (Lipinski definition) is 0. The van der Waals surface area contributed by atoms with Gasteiger partial charge in [-0.3, -0.25) is 0 Å². The Kier molecular flexibility index (Phi) is 6.94. The highest BCUT2D eigenvalue weighted by atomic mass is 32.1. The third-order valence-corrected chi connectivity index (χ3v) is 3.46. The van der Waals surface area contributed by atoms with Crippen LogP contribution in [0.5, 0.6) is 0 Å². The Hall–Kier alpha value is -2.94. The van der Waals surface area contributed by atoms with Crippen LogP contribution in [0.15, 0.2) is 6.07 Å². The maximum atomic E-state index is 5.05. The molecule has 0 saturated heterocycles. The molecular weight excluding hydrogens is 272 g/mol. The van der Waals surface area contributed by atoms with Crippen molar-refractivity contribution in [2.75, 3.05) is 0 Å². The van der Waals surface area contributed by atoms with Gasteiger partial charge in [0.15, 0.2) is 0 Å². The summed E-state index contributed by atoms with van der Waals surface area (Å²) in [6.45, 7) is 4.19. The molecule has 0 aliphatic carbocycles. The first kappa shape index (κ1) is 16.1. The average Bonchev–Trinajstić information content (AvgIpc) is 2.77. The van der Waals surface area contributed by atoms with E-state index in [0.29, 0.717) is 0 Å². The molecular formula is C20H12S. The van der Waals surface area contributed by atoms with Crippen LogP contribution in [0, 0.1) is 91.8 Å². The van der Waals surface area contributed by atoms with Gasteiger partial charge in [0, 0.05) is 9.75 Å². The standard InChI is InChI=1S/C20H12S/c1-5-7-9-11-13-19(14-12-10-8-6-2)16-20-15-17(3)21-18(20)4/h1-2,15,19H,16H2,3-4H3. The molecule has 0 nitrogen and oxygen atoms in total. The first-order valence-corrected chi connectivity index (χ1v) is 6.97. The highest BCUT2D eigenvalue weighted by Gasteiger charge is 2.08. The van der Waals surface area contributed by atoms with Crippen molar-refractivity contribution in [3.05, 3.63) is 21.4 Å². The van der Waals surface area contributed by atoms with Crippen molar-refractivity contribution in [1.82, 2.24) is 0 Å². The van der Waals surface area contributed by atoms with E-state index in [-0.39, 0.29) is 5.92 Å². The Morgan fingerprint density at radius 3 is 1.95 bits per heavy atom. The lowest BCUT2D eigenvalue weighted by atomic mass is 10.0. The molecule has 98 valence electrons. The zero-order chi connectivity index (χ0) is 15.5. The van der Waals surface area contributed by atoms with Crippen molar-refractivity contribution >= 4 is 11.3 Å². The molecule has 21 heavy (non-hydrogen) atoms. The minimum absolute atomic E-state index is 0.142. The molecule has 1 heterocycles. The predicted molar refractivity (Wildman–Crippen MR) is 89.8 cm³/mol. The smallest absolute Gasteiger partial charge is 0.0872 e. The summed E-state index contributed by atoms with van der Waals surface area (Å²) in [5.74, 6) is 25.9. The molecule has 0 unspecified atom stereocenters. The maximum absolute atomic E-state index is 5.05. The summed E-state index contributed by atoms with van der Waals surface area (Å²) < 4.78 is 0. The lowest BCUT2D eigenvalue weighted by molar-refractivity contribution is 0.860. The fourth-order valence-electron chi connectivity index (χ4n) is 1.63. The Balaban J connectivity index is 2.98. The maximum Gasteiger partial charge on any atom is 0.0872 e. The number of rotatable bonds is 2. The molecule has 0 radical (unpaired) electrons. The normalized spacial score (nSPS) is 7.48. The van der Waals surface area contributed by atoms with Gasteiger partial charge in [-0.15, -0.1) is 24.2 Å². The van der Waals surface area contributed by atoms with Gasteiger partial charge in [-0.05, 0) is 79.3 Å². The first-order chi connectivity index (χ1) is 10.2. The van der Waals surface area contributed by atoms with Crippen LogP contribution in [0.25, 0.3) is 0 Å². The molecule has 0 aliphatic rings. The van der Waals surface area contributed by atoms with Gasteiger partial charge < -0.3 is 0 Å². The summed E-state index contributed by atoms with van der Waals surface area (Å²) in [5.41, 5.74) is 1.25. The van der Waals surface area contributed by atoms with Crippen molar-refractivity contribution in [3.63, 3.8) is 0 Å². The summed E-state index contributed by atoms with van der Waals surface area (Å²) in [6.07, 6.45) is 10.8. The van der Waals surface area contributed by atoms with Crippen molar-refractivity contribution in [2.24, 2.45) is 5.92 Å². The molecule has 0 N–H and O–H groups in total. The van der Waals surface area contributed by atoms with E-state index in [1.807, 2.05) is 0 Å². The van der Waals surface area contributed by atoms with Gasteiger partial charge in [-0.25, -0.2) is 0 Å². The molecule has 0 spiro atoms. The number of terminal acetylenes is 2. The van der Waals surface area contributed by atoms with Crippen LogP contribution in [0.1, 0.15) is 15.3 Å². The molecule has 1 rings (SSSR count). The second-order valence-corrected chi connectivity index (χ2v) is 5.48. The summed E-state index contributed by atoms with van der Waals surface area (Å²) in [4.78, 5) is 2.56. The van der Waals surface area contributed by atoms with Crippen LogP contribution in [-0.4, -0.2) is 0 Å². The highest BCUT2D eigenvalue weighted by molar-refractivity contribution is 7.12. The largest absolute Gasteiger partial charge is 0.146 e. The van der Waals surface area contributed by atoms with E-state index in [9.17, 15) is 0 Å². The molecule has 1 aromatic rings. The minimum Gasteiger partial charge on any atom is -0.146 e. The zero-order valence-electron chi connectivity index (χ0n) is 11.9. The van der Waals surface area contributed by atoms with Gasteiger partial charge in [0.05, 0.1) is 5.92 Å². The van der Waals surface area contributed by atoms with E-state index >= 15 is 0 Å². The fourth-order valence-corrected chi connectivity index (χ4v) is 2.58. The van der Waals surface area contributed by atoms with E-state index < -0.39 is 0 Å². The number of thiophene rings is 1. The molecule has 0 fully saturated rings. The molecule has 1 heteroatoms. The molecule has 0 aliphatic heterocycles. The molecule has 0 atom stereocenters. The average molecular weight is 284 g/mol. The van der Waals surface area contributed by atoms with Crippen LogP contribution in [0.3, 0.4) is 0 Å². The first-order valence-electron chi connectivity index (χ1n) is 6.15. The third-order valence-electron chi connectivity index (χ3n) is 2.45. The molecule has 0 saturated carbocycles. The number of aryl methyl sites for hydroxylation is 2. The van der Waals surface area contributed by atoms with Crippen molar-refractivity contribution in [3.8, 4) is 72.1 Å². The zero-order valence-corrected chi connectivity index (χ0v) is 12.7. The number of hydrogen-bond acceptors (Lipinski definition) is 1. The van der Waals surface area contributed by atoms with Crippen molar-refractivity contribution in [2.45, 2.75) is 20.3 Å². The summed E-state index contributed by atoms with van der Waals surface area (Å²) in [7, 11) is 0. The van der Waals surface area contributed by atoms with Gasteiger partial charge in [-0.1, -0.05) is 11.8 Å². The van der Waals surface area contributed by atoms with E-state index in [2.05, 4.69) is 79.1 Å². The van der Waals surface area contributed by atoms with E-state index in [0.717, 1.165) is 6.42 Å². The Morgan fingerprint density at radius 1 is 0.952 bits per heavy atom. The molecule has 1 aromatic heterocycles. The van der Waals surface area contributed by atoms with Crippen molar-refractivity contribution < 1.29 is 0 Å². The van der Waals surface area contributed by atoms with Gasteiger partial charge in [0.1, 0.15) is 0 Å². The molecule has 0 aromatic carbocycles. The monoisotopic (exact) mass is 284 g/mol. The lowest BCUT2D eigenvalue weighted by Crippen LogP contribution is -1.99. The Labute approximate surface area is 131 Å². The quantitative estimate of drug-likeness (QED) is 0.733. The van der Waals surface area contributed by atoms with E-state index in [4.69, 9.17) is 12.8 Å². The van der Waals surface area contributed by atoms with Crippen LogP contribution in [0.2, 0.25) is 0 Å². The van der Waals surface area contributed by atoms with E-state index in [1.54, 1.807) is 11.3 Å². The van der Waals surface area contributed by atoms with Crippen LogP contribution in [-0.2, 0) is 6.42 Å². The van der Waals surface area contributed by atoms with Crippen LogP contribution < -0.4 is 0 Å². The Morgan fingerprint density at radius 2 is 1.52 bits per heavy atom. The van der Waals surface area contributed by atoms with Crippen molar-refractivity contribution in [1.29, 1.82) is 0 Å². The minimum atomic E-state index is -0.142. The molecule has 0 amide bonds. The summed E-state index contributed by atoms with van der Waals surface area (Å²) >= 11 is 1.77. The van der Waals surface area contributed by atoms with Crippen LogP contribution in [0.4, 0.5) is 0 Å². The van der Waals surface area contributed by atoms with Gasteiger partial charge >= 0.3 is 0 Å². The van der Waals surface area contributed by atoms with Gasteiger partial charge in [-0.2, -0.15) is 0 Å².